The summed E-state index contributed by atoms with van der Waals surface area (Å²) >= 11 is 1.70. The van der Waals surface area contributed by atoms with Gasteiger partial charge in [0.05, 0.1) is 4.88 Å². The Kier molecular flexibility index (Phi) is 4.73. The third kappa shape index (κ3) is 3.41. The van der Waals surface area contributed by atoms with Crippen LogP contribution in [0.5, 0.6) is 0 Å². The fraction of sp³-hybridized carbons (Fsp3) is 0.688. The molecule has 0 saturated carbocycles. The number of nitrogens with one attached hydrogen (secondary N) is 1. The molecule has 1 aromatic heterocycles. The molecule has 1 fully saturated rings. The van der Waals surface area contributed by atoms with E-state index in [1.807, 2.05) is 0 Å². The molecule has 0 spiro atoms. The van der Waals surface area contributed by atoms with E-state index in [0.29, 0.717) is 0 Å². The van der Waals surface area contributed by atoms with Gasteiger partial charge in [-0.15, -0.1) is 11.3 Å². The highest BCUT2D eigenvalue weighted by atomic mass is 32.1. The molecule has 0 bridgehead atoms. The van der Waals surface area contributed by atoms with Crippen LogP contribution < -0.4 is 5.32 Å². The summed E-state index contributed by atoms with van der Waals surface area (Å²) in [4.78, 5) is 17.0. The molecule has 2 heterocycles. The van der Waals surface area contributed by atoms with E-state index in [4.69, 9.17) is 0 Å². The molecule has 4 heteroatoms. The molecule has 1 aliphatic heterocycles. The van der Waals surface area contributed by atoms with Crippen molar-refractivity contribution in [3.63, 3.8) is 0 Å². The van der Waals surface area contributed by atoms with Crippen LogP contribution in [0.25, 0.3) is 0 Å². The van der Waals surface area contributed by atoms with Crippen LogP contribution in [0.4, 0.5) is 0 Å². The molecule has 0 aromatic carbocycles. The smallest absolute Gasteiger partial charge is 0.261 e. The van der Waals surface area contributed by atoms with Crippen molar-refractivity contribution in [2.45, 2.75) is 44.9 Å². The molecule has 1 N–H and O–H groups in total. The van der Waals surface area contributed by atoms with Crippen LogP contribution in [0, 0.1) is 0 Å². The minimum Gasteiger partial charge on any atom is -0.351 e. The number of likely N-dealkylation sites (tertiary alicyclic amines) is 1. The van der Waals surface area contributed by atoms with Crippen molar-refractivity contribution in [3.05, 3.63) is 21.4 Å². The van der Waals surface area contributed by atoms with Crippen molar-refractivity contribution in [1.29, 1.82) is 0 Å². The molecule has 1 aliphatic carbocycles. The Bertz CT molecular complexity index is 440. The lowest BCUT2D eigenvalue weighted by atomic mass is 9.99. The number of hydrogen-bond donors (Lipinski definition) is 1. The highest BCUT2D eigenvalue weighted by Crippen LogP contribution is 2.29. The standard InChI is InChI=1S/C16H24N2OS/c19-16(17-8-5-11-18-9-3-4-10-18)15-12-13-6-1-2-7-14(13)20-15/h12H,1-11H2,(H,17,19). The van der Waals surface area contributed by atoms with Gasteiger partial charge in [-0.05, 0) is 76.2 Å². The minimum atomic E-state index is 0.130. The number of carbonyl (C=O) groups is 1. The molecule has 3 nitrogen and oxygen atoms in total. The van der Waals surface area contributed by atoms with Crippen LogP contribution >= 0.6 is 11.3 Å². The van der Waals surface area contributed by atoms with E-state index in [1.54, 1.807) is 11.3 Å². The van der Waals surface area contributed by atoms with Gasteiger partial charge in [-0.25, -0.2) is 0 Å². The first-order valence-corrected chi connectivity index (χ1v) is 8.77. The fourth-order valence-electron chi connectivity index (χ4n) is 3.20. The van der Waals surface area contributed by atoms with Crippen LogP contribution in [-0.4, -0.2) is 37.0 Å². The van der Waals surface area contributed by atoms with Crippen LogP contribution in [0.2, 0.25) is 0 Å². The number of carbonyl (C=O) groups excluding carboxylic acids is 1. The first-order chi connectivity index (χ1) is 9.83. The predicted octanol–water partition coefficient (Wildman–Crippen LogP) is 2.84. The van der Waals surface area contributed by atoms with Crippen LogP contribution in [0.3, 0.4) is 0 Å². The van der Waals surface area contributed by atoms with Crippen molar-refractivity contribution in [1.82, 2.24) is 10.2 Å². The second-order valence-electron chi connectivity index (χ2n) is 5.92. The quantitative estimate of drug-likeness (QED) is 0.846. The van der Waals surface area contributed by atoms with Gasteiger partial charge in [0.25, 0.3) is 5.91 Å². The molecule has 110 valence electrons. The normalized spacial score (nSPS) is 19.0. The molecule has 20 heavy (non-hydrogen) atoms. The van der Waals surface area contributed by atoms with Gasteiger partial charge in [0.2, 0.25) is 0 Å². The number of hydrogen-bond acceptors (Lipinski definition) is 3. The van der Waals surface area contributed by atoms with Crippen LogP contribution in [0.15, 0.2) is 6.07 Å². The summed E-state index contributed by atoms with van der Waals surface area (Å²) in [5.41, 5.74) is 1.42. The lowest BCUT2D eigenvalue weighted by Crippen LogP contribution is -2.28. The van der Waals surface area contributed by atoms with Gasteiger partial charge in [0, 0.05) is 11.4 Å². The molecule has 0 radical (unpaired) electrons. The zero-order chi connectivity index (χ0) is 13.8. The Balaban J connectivity index is 1.43. The minimum absolute atomic E-state index is 0.130. The van der Waals surface area contributed by atoms with E-state index in [0.717, 1.165) is 30.8 Å². The van der Waals surface area contributed by atoms with Crippen molar-refractivity contribution < 1.29 is 4.79 Å². The average Bonchev–Trinajstić information content (AvgIpc) is 3.12. The van der Waals surface area contributed by atoms with Gasteiger partial charge >= 0.3 is 0 Å². The first kappa shape index (κ1) is 14.1. The molecule has 2 aliphatic rings. The molecule has 3 rings (SSSR count). The number of amides is 1. The monoisotopic (exact) mass is 292 g/mol. The molecule has 0 unspecified atom stereocenters. The summed E-state index contributed by atoms with van der Waals surface area (Å²) in [5.74, 6) is 0.130. The first-order valence-electron chi connectivity index (χ1n) is 7.95. The number of aryl methyl sites for hydroxylation is 2. The van der Waals surface area contributed by atoms with Crippen molar-refractivity contribution in [3.8, 4) is 0 Å². The van der Waals surface area contributed by atoms with Crippen LogP contribution in [-0.2, 0) is 12.8 Å². The third-order valence-corrected chi connectivity index (χ3v) is 5.59. The second-order valence-corrected chi connectivity index (χ2v) is 7.06. The Morgan fingerprint density at radius 1 is 1.20 bits per heavy atom. The van der Waals surface area contributed by atoms with Gasteiger partial charge in [-0.3, -0.25) is 4.79 Å². The van der Waals surface area contributed by atoms with E-state index in [-0.39, 0.29) is 5.91 Å². The van der Waals surface area contributed by atoms with E-state index in [9.17, 15) is 4.79 Å². The zero-order valence-corrected chi connectivity index (χ0v) is 12.9. The summed E-state index contributed by atoms with van der Waals surface area (Å²) in [6.07, 6.45) is 8.64. The molecular formula is C16H24N2OS. The molecule has 0 atom stereocenters. The van der Waals surface area contributed by atoms with E-state index in [1.165, 1.54) is 55.6 Å². The Hall–Kier alpha value is -0.870. The predicted molar refractivity (Wildman–Crippen MR) is 83.6 cm³/mol. The largest absolute Gasteiger partial charge is 0.351 e. The Morgan fingerprint density at radius 3 is 2.80 bits per heavy atom. The van der Waals surface area contributed by atoms with Crippen LogP contribution in [0.1, 0.15) is 52.2 Å². The zero-order valence-electron chi connectivity index (χ0n) is 12.1. The number of nitrogens with zero attached hydrogens (tertiary/aromatic N) is 1. The van der Waals surface area contributed by atoms with E-state index >= 15 is 0 Å². The third-order valence-electron chi connectivity index (χ3n) is 4.36. The highest BCUT2D eigenvalue weighted by Gasteiger charge is 2.17. The Labute approximate surface area is 125 Å². The summed E-state index contributed by atoms with van der Waals surface area (Å²) in [6, 6.07) is 2.12. The molecular weight excluding hydrogens is 268 g/mol. The van der Waals surface area contributed by atoms with Crippen molar-refractivity contribution in [2.75, 3.05) is 26.2 Å². The topological polar surface area (TPSA) is 32.3 Å². The summed E-state index contributed by atoms with van der Waals surface area (Å²) in [7, 11) is 0. The maximum absolute atomic E-state index is 12.1. The maximum atomic E-state index is 12.1. The second kappa shape index (κ2) is 6.72. The lowest BCUT2D eigenvalue weighted by Gasteiger charge is -2.14. The van der Waals surface area contributed by atoms with Gasteiger partial charge in [0.1, 0.15) is 0 Å². The number of fused-ring (bicyclic) bond motifs is 1. The van der Waals surface area contributed by atoms with Crippen molar-refractivity contribution >= 4 is 17.2 Å². The van der Waals surface area contributed by atoms with Gasteiger partial charge in [-0.1, -0.05) is 0 Å². The summed E-state index contributed by atoms with van der Waals surface area (Å²) < 4.78 is 0. The van der Waals surface area contributed by atoms with Gasteiger partial charge in [-0.2, -0.15) is 0 Å². The maximum Gasteiger partial charge on any atom is 0.261 e. The molecule has 1 saturated heterocycles. The highest BCUT2D eigenvalue weighted by molar-refractivity contribution is 7.14. The number of rotatable bonds is 5. The van der Waals surface area contributed by atoms with Gasteiger partial charge in [0.15, 0.2) is 0 Å². The Morgan fingerprint density at radius 2 is 2.00 bits per heavy atom. The average molecular weight is 292 g/mol. The summed E-state index contributed by atoms with van der Waals surface area (Å²) in [6.45, 7) is 4.41. The molecule has 1 aromatic rings. The van der Waals surface area contributed by atoms with Crippen molar-refractivity contribution in [2.24, 2.45) is 0 Å². The fourth-order valence-corrected chi connectivity index (χ4v) is 4.37. The number of thiophene rings is 1. The van der Waals surface area contributed by atoms with E-state index < -0.39 is 0 Å². The van der Waals surface area contributed by atoms with Gasteiger partial charge < -0.3 is 10.2 Å². The lowest BCUT2D eigenvalue weighted by molar-refractivity contribution is 0.0956. The SMILES string of the molecule is O=C(NCCCN1CCCC1)c1cc2c(s1)CCCC2. The summed E-state index contributed by atoms with van der Waals surface area (Å²) in [5, 5.41) is 3.08. The molecule has 1 amide bonds. The van der Waals surface area contributed by atoms with E-state index in [2.05, 4.69) is 16.3 Å².